The Kier molecular flexibility index (Phi) is 5.36. The van der Waals surface area contributed by atoms with E-state index < -0.39 is 13.2 Å². The van der Waals surface area contributed by atoms with Gasteiger partial charge < -0.3 is 9.47 Å². The molecule has 1 aromatic heterocycles. The van der Waals surface area contributed by atoms with Crippen molar-refractivity contribution in [2.45, 2.75) is 13.2 Å². The summed E-state index contributed by atoms with van der Waals surface area (Å²) in [7, 11) is 0. The zero-order valence-corrected chi connectivity index (χ0v) is 13.3. The van der Waals surface area contributed by atoms with Gasteiger partial charge in [0.25, 0.3) is 0 Å². The second kappa shape index (κ2) is 7.86. The first kappa shape index (κ1) is 17.7. The summed E-state index contributed by atoms with van der Waals surface area (Å²) in [4.78, 5) is 4.44. The monoisotopic (exact) mass is 363 g/mol. The number of nitrogens with zero attached hydrogens (tertiary/aromatic N) is 1. The minimum absolute atomic E-state index is 0.267. The van der Waals surface area contributed by atoms with Gasteiger partial charge in [0, 0.05) is 17.0 Å². The van der Waals surface area contributed by atoms with Crippen LogP contribution in [0.5, 0.6) is 11.5 Å². The molecule has 0 fully saturated rings. The summed E-state index contributed by atoms with van der Waals surface area (Å²) < 4.78 is 58.3. The molecule has 0 bridgehead atoms. The van der Waals surface area contributed by atoms with Gasteiger partial charge in [-0.3, -0.25) is 0 Å². The molecule has 0 saturated carbocycles. The lowest BCUT2D eigenvalue weighted by molar-refractivity contribution is -0.0543. The van der Waals surface area contributed by atoms with Crippen LogP contribution < -0.4 is 9.47 Å². The molecule has 0 spiro atoms. The molecule has 2 aromatic carbocycles. The van der Waals surface area contributed by atoms with Crippen molar-refractivity contribution < 1.29 is 27.0 Å². The van der Waals surface area contributed by atoms with Gasteiger partial charge in [-0.05, 0) is 36.4 Å². The highest BCUT2D eigenvalue weighted by atomic mass is 19.3. The predicted octanol–water partition coefficient (Wildman–Crippen LogP) is 5.61. The molecule has 0 saturated heterocycles. The maximum Gasteiger partial charge on any atom is 0.387 e. The number of pyridine rings is 1. The van der Waals surface area contributed by atoms with Crippen LogP contribution in [0.1, 0.15) is 11.3 Å². The first-order chi connectivity index (χ1) is 12.5. The summed E-state index contributed by atoms with van der Waals surface area (Å²) in [5, 5.41) is 0.972. The number of hydrogen-bond acceptors (Lipinski definition) is 3. The predicted molar refractivity (Wildman–Crippen MR) is 90.4 cm³/mol. The largest absolute Gasteiger partial charge is 0.435 e. The van der Waals surface area contributed by atoms with E-state index in [9.17, 15) is 17.6 Å². The molecule has 3 aromatic rings. The van der Waals surface area contributed by atoms with Gasteiger partial charge in [-0.1, -0.05) is 24.3 Å². The van der Waals surface area contributed by atoms with E-state index in [-0.39, 0.29) is 17.1 Å². The average Bonchev–Trinajstić information content (AvgIpc) is 2.60. The van der Waals surface area contributed by atoms with Crippen LogP contribution in [-0.2, 0) is 0 Å². The zero-order valence-electron chi connectivity index (χ0n) is 13.3. The number of fused-ring (bicyclic) bond motifs is 1. The Balaban J connectivity index is 1.89. The van der Waals surface area contributed by atoms with Crippen molar-refractivity contribution in [3.63, 3.8) is 0 Å². The van der Waals surface area contributed by atoms with Crippen LogP contribution in [0.2, 0.25) is 0 Å². The summed E-state index contributed by atoms with van der Waals surface area (Å²) >= 11 is 0. The number of alkyl halides is 4. The van der Waals surface area contributed by atoms with E-state index in [2.05, 4.69) is 14.5 Å². The summed E-state index contributed by atoms with van der Waals surface area (Å²) in [6, 6.07) is 14.8. The SMILES string of the molecule is FC(F)Oc1ccc(/C=C/c2ccc3ccccc3n2)c(OC(F)F)c1. The van der Waals surface area contributed by atoms with E-state index in [4.69, 9.17) is 0 Å². The third kappa shape index (κ3) is 4.50. The van der Waals surface area contributed by atoms with E-state index in [0.29, 0.717) is 5.69 Å². The smallest absolute Gasteiger partial charge is 0.387 e. The molecule has 0 N–H and O–H groups in total. The molecule has 0 atom stereocenters. The van der Waals surface area contributed by atoms with Crippen LogP contribution in [0.3, 0.4) is 0 Å². The van der Waals surface area contributed by atoms with Crippen LogP contribution in [0, 0.1) is 0 Å². The lowest BCUT2D eigenvalue weighted by Gasteiger charge is -2.11. The molecule has 26 heavy (non-hydrogen) atoms. The Bertz CT molecular complexity index is 928. The standard InChI is InChI=1S/C19H13F4NO2/c20-18(21)25-15-10-7-13(17(11-15)26-19(22)23)6-9-14-8-5-12-3-1-2-4-16(12)24-14/h1-11,18-19H/b9-6+. The molecule has 0 aliphatic rings. The highest BCUT2D eigenvalue weighted by molar-refractivity contribution is 5.81. The number of rotatable bonds is 6. The molecule has 0 radical (unpaired) electrons. The molecular formula is C19H13F4NO2. The fraction of sp³-hybridized carbons (Fsp3) is 0.105. The third-order valence-electron chi connectivity index (χ3n) is 3.48. The van der Waals surface area contributed by atoms with Gasteiger partial charge in [-0.15, -0.1) is 0 Å². The Morgan fingerprint density at radius 2 is 1.58 bits per heavy atom. The second-order valence-electron chi connectivity index (χ2n) is 5.22. The van der Waals surface area contributed by atoms with E-state index in [1.807, 2.05) is 30.3 Å². The Morgan fingerprint density at radius 3 is 2.35 bits per heavy atom. The summed E-state index contributed by atoms with van der Waals surface area (Å²) in [6.07, 6.45) is 3.13. The van der Waals surface area contributed by atoms with Crippen molar-refractivity contribution >= 4 is 23.1 Å². The van der Waals surface area contributed by atoms with Crippen molar-refractivity contribution in [1.29, 1.82) is 0 Å². The van der Waals surface area contributed by atoms with Crippen LogP contribution in [0.25, 0.3) is 23.1 Å². The highest BCUT2D eigenvalue weighted by Gasteiger charge is 2.12. The fourth-order valence-electron chi connectivity index (χ4n) is 2.38. The number of ether oxygens (including phenoxy) is 2. The molecule has 134 valence electrons. The van der Waals surface area contributed by atoms with Gasteiger partial charge >= 0.3 is 13.2 Å². The normalized spacial score (nSPS) is 11.6. The van der Waals surface area contributed by atoms with Crippen LogP contribution in [0.15, 0.2) is 54.6 Å². The molecule has 1 heterocycles. The summed E-state index contributed by atoms with van der Waals surface area (Å²) in [5.74, 6) is -0.535. The van der Waals surface area contributed by atoms with Crippen molar-refractivity contribution in [2.75, 3.05) is 0 Å². The highest BCUT2D eigenvalue weighted by Crippen LogP contribution is 2.29. The maximum absolute atomic E-state index is 12.6. The lowest BCUT2D eigenvalue weighted by Crippen LogP contribution is -2.05. The Morgan fingerprint density at radius 1 is 0.808 bits per heavy atom. The van der Waals surface area contributed by atoms with E-state index in [1.54, 1.807) is 12.1 Å². The number of para-hydroxylation sites is 1. The number of aromatic nitrogens is 1. The van der Waals surface area contributed by atoms with Gasteiger partial charge in [0.05, 0.1) is 11.2 Å². The maximum atomic E-state index is 12.6. The number of benzene rings is 2. The minimum Gasteiger partial charge on any atom is -0.435 e. The molecule has 0 aliphatic carbocycles. The van der Waals surface area contributed by atoms with Crippen LogP contribution >= 0.6 is 0 Å². The topological polar surface area (TPSA) is 31.4 Å². The summed E-state index contributed by atoms with van der Waals surface area (Å²) in [5.41, 5.74) is 1.68. The molecule has 3 nitrogen and oxygen atoms in total. The van der Waals surface area contributed by atoms with Crippen molar-refractivity contribution in [2.24, 2.45) is 0 Å². The van der Waals surface area contributed by atoms with Crippen LogP contribution in [-0.4, -0.2) is 18.2 Å². The average molecular weight is 363 g/mol. The molecule has 3 rings (SSSR count). The minimum atomic E-state index is -3.09. The molecule has 0 amide bonds. The van der Waals surface area contributed by atoms with Gasteiger partial charge in [0.1, 0.15) is 11.5 Å². The quantitative estimate of drug-likeness (QED) is 0.534. The molecule has 7 heteroatoms. The molecule has 0 aliphatic heterocycles. The van der Waals surface area contributed by atoms with Gasteiger partial charge in [0.15, 0.2) is 0 Å². The van der Waals surface area contributed by atoms with Gasteiger partial charge in [0.2, 0.25) is 0 Å². The zero-order chi connectivity index (χ0) is 18.5. The third-order valence-corrected chi connectivity index (χ3v) is 3.48. The first-order valence-electron chi connectivity index (χ1n) is 7.59. The van der Waals surface area contributed by atoms with Gasteiger partial charge in [-0.25, -0.2) is 4.98 Å². The Hall–Kier alpha value is -3.09. The van der Waals surface area contributed by atoms with E-state index in [0.717, 1.165) is 17.0 Å². The lowest BCUT2D eigenvalue weighted by atomic mass is 10.1. The fourth-order valence-corrected chi connectivity index (χ4v) is 2.38. The van der Waals surface area contributed by atoms with Gasteiger partial charge in [-0.2, -0.15) is 17.6 Å². The molecule has 0 unspecified atom stereocenters. The molecular weight excluding hydrogens is 350 g/mol. The van der Waals surface area contributed by atoms with Crippen molar-refractivity contribution in [1.82, 2.24) is 4.98 Å². The number of hydrogen-bond donors (Lipinski definition) is 0. The van der Waals surface area contributed by atoms with Crippen molar-refractivity contribution in [3.8, 4) is 11.5 Å². The van der Waals surface area contributed by atoms with Crippen LogP contribution in [0.4, 0.5) is 17.6 Å². The summed E-state index contributed by atoms with van der Waals surface area (Å²) in [6.45, 7) is -6.15. The van der Waals surface area contributed by atoms with E-state index >= 15 is 0 Å². The first-order valence-corrected chi connectivity index (χ1v) is 7.59. The Labute approximate surface area is 146 Å². The second-order valence-corrected chi connectivity index (χ2v) is 5.22. The van der Waals surface area contributed by atoms with E-state index in [1.165, 1.54) is 18.2 Å². The van der Waals surface area contributed by atoms with Crippen molar-refractivity contribution in [3.05, 3.63) is 65.9 Å². The number of halogens is 4.